The van der Waals surface area contributed by atoms with Crippen LogP contribution in [-0.4, -0.2) is 21.8 Å². The van der Waals surface area contributed by atoms with Crippen molar-refractivity contribution in [1.82, 2.24) is 15.5 Å². The number of amides is 1. The van der Waals surface area contributed by atoms with E-state index in [0.29, 0.717) is 17.5 Å². The standard InChI is InChI=1S/C16H20ClN3O2S2/c1-11-18-15(20-22-11)16(7-3-2-4-8-16)19-14(21)10-23-9-12-5-6-13(17)24-12/h5-6H,2-4,7-10H2,1H3,(H,19,21). The lowest BCUT2D eigenvalue weighted by atomic mass is 9.81. The van der Waals surface area contributed by atoms with E-state index in [4.69, 9.17) is 16.1 Å². The number of aryl methyl sites for hydroxylation is 1. The summed E-state index contributed by atoms with van der Waals surface area (Å²) >= 11 is 9.07. The van der Waals surface area contributed by atoms with Gasteiger partial charge >= 0.3 is 0 Å². The van der Waals surface area contributed by atoms with E-state index in [0.717, 1.165) is 35.8 Å². The van der Waals surface area contributed by atoms with Crippen molar-refractivity contribution < 1.29 is 9.32 Å². The van der Waals surface area contributed by atoms with Crippen molar-refractivity contribution in [3.63, 3.8) is 0 Å². The Balaban J connectivity index is 1.59. The summed E-state index contributed by atoms with van der Waals surface area (Å²) in [6.07, 6.45) is 5.04. The van der Waals surface area contributed by atoms with E-state index in [1.807, 2.05) is 12.1 Å². The van der Waals surface area contributed by atoms with E-state index in [1.54, 1.807) is 30.0 Å². The van der Waals surface area contributed by atoms with Crippen LogP contribution >= 0.6 is 34.7 Å². The highest BCUT2D eigenvalue weighted by Gasteiger charge is 2.39. The first-order valence-electron chi connectivity index (χ1n) is 8.01. The van der Waals surface area contributed by atoms with Crippen LogP contribution in [0.2, 0.25) is 4.34 Å². The number of hydrogen-bond acceptors (Lipinski definition) is 6. The number of nitrogens with one attached hydrogen (secondary N) is 1. The fraction of sp³-hybridized carbons (Fsp3) is 0.562. The number of aromatic nitrogens is 2. The molecule has 2 heterocycles. The largest absolute Gasteiger partial charge is 0.343 e. The lowest BCUT2D eigenvalue weighted by Crippen LogP contribution is -2.48. The fourth-order valence-electron chi connectivity index (χ4n) is 3.03. The van der Waals surface area contributed by atoms with Crippen LogP contribution in [0.3, 0.4) is 0 Å². The Kier molecular flexibility index (Phi) is 5.84. The van der Waals surface area contributed by atoms with Gasteiger partial charge in [0.2, 0.25) is 11.8 Å². The van der Waals surface area contributed by atoms with Crippen molar-refractivity contribution in [2.24, 2.45) is 0 Å². The molecule has 8 heteroatoms. The van der Waals surface area contributed by atoms with Gasteiger partial charge in [-0.05, 0) is 25.0 Å². The summed E-state index contributed by atoms with van der Waals surface area (Å²) in [5.41, 5.74) is -0.472. The van der Waals surface area contributed by atoms with Gasteiger partial charge < -0.3 is 9.84 Å². The van der Waals surface area contributed by atoms with Gasteiger partial charge in [0.05, 0.1) is 10.1 Å². The average Bonchev–Trinajstić information content (AvgIpc) is 3.17. The molecule has 0 atom stereocenters. The zero-order chi connectivity index (χ0) is 17.0. The molecule has 1 aliphatic carbocycles. The monoisotopic (exact) mass is 385 g/mol. The van der Waals surface area contributed by atoms with E-state index >= 15 is 0 Å². The molecular weight excluding hydrogens is 366 g/mol. The minimum Gasteiger partial charge on any atom is -0.343 e. The van der Waals surface area contributed by atoms with Gasteiger partial charge in [0.15, 0.2) is 5.82 Å². The highest BCUT2D eigenvalue weighted by Crippen LogP contribution is 2.35. The van der Waals surface area contributed by atoms with E-state index in [1.165, 1.54) is 11.3 Å². The molecule has 1 aliphatic rings. The fourth-order valence-corrected chi connectivity index (χ4v) is 5.06. The molecule has 0 unspecified atom stereocenters. The third kappa shape index (κ3) is 4.32. The SMILES string of the molecule is Cc1nc(C2(NC(=O)CSCc3ccc(Cl)s3)CCCCC2)no1. The summed E-state index contributed by atoms with van der Waals surface area (Å²) in [6, 6.07) is 3.89. The number of hydrogen-bond donors (Lipinski definition) is 1. The zero-order valence-electron chi connectivity index (χ0n) is 13.5. The number of halogens is 1. The number of carbonyl (C=O) groups is 1. The molecule has 1 saturated carbocycles. The molecule has 2 aromatic heterocycles. The van der Waals surface area contributed by atoms with Gasteiger partial charge in [-0.3, -0.25) is 4.79 Å². The van der Waals surface area contributed by atoms with E-state index in [2.05, 4.69) is 15.5 Å². The third-order valence-electron chi connectivity index (χ3n) is 4.15. The van der Waals surface area contributed by atoms with E-state index in [-0.39, 0.29) is 5.91 Å². The molecule has 0 aliphatic heterocycles. The second kappa shape index (κ2) is 7.89. The first-order valence-corrected chi connectivity index (χ1v) is 10.4. The number of rotatable bonds is 6. The smallest absolute Gasteiger partial charge is 0.230 e. The van der Waals surface area contributed by atoms with Crippen molar-refractivity contribution in [1.29, 1.82) is 0 Å². The molecule has 1 amide bonds. The highest BCUT2D eigenvalue weighted by molar-refractivity contribution is 7.99. The molecule has 2 aromatic rings. The minimum absolute atomic E-state index is 0.0204. The summed E-state index contributed by atoms with van der Waals surface area (Å²) in [4.78, 5) is 18.0. The number of carbonyl (C=O) groups excluding carboxylic acids is 1. The molecule has 5 nitrogen and oxygen atoms in total. The molecular formula is C16H20ClN3O2S2. The lowest BCUT2D eigenvalue weighted by Gasteiger charge is -2.35. The summed E-state index contributed by atoms with van der Waals surface area (Å²) in [6.45, 7) is 1.77. The Morgan fingerprint density at radius 2 is 2.21 bits per heavy atom. The normalized spacial score (nSPS) is 16.9. The zero-order valence-corrected chi connectivity index (χ0v) is 15.9. The minimum atomic E-state index is -0.472. The van der Waals surface area contributed by atoms with Gasteiger partial charge in [-0.15, -0.1) is 23.1 Å². The van der Waals surface area contributed by atoms with Crippen molar-refractivity contribution >= 4 is 40.6 Å². The van der Waals surface area contributed by atoms with Crippen molar-refractivity contribution in [2.75, 3.05) is 5.75 Å². The summed E-state index contributed by atoms with van der Waals surface area (Å²) in [5, 5.41) is 7.26. The van der Waals surface area contributed by atoms with Crippen LogP contribution in [0, 0.1) is 6.92 Å². The molecule has 0 spiro atoms. The van der Waals surface area contributed by atoms with Crippen LogP contribution < -0.4 is 5.32 Å². The molecule has 1 N–H and O–H groups in total. The Labute approximate surface area is 154 Å². The molecule has 3 rings (SSSR count). The van der Waals surface area contributed by atoms with Crippen LogP contribution in [0.15, 0.2) is 16.7 Å². The van der Waals surface area contributed by atoms with Gasteiger partial charge in [0, 0.05) is 17.6 Å². The van der Waals surface area contributed by atoms with Crippen LogP contribution in [0.5, 0.6) is 0 Å². The predicted molar refractivity (Wildman–Crippen MR) is 97.4 cm³/mol. The second-order valence-electron chi connectivity index (χ2n) is 6.03. The molecule has 1 fully saturated rings. The third-order valence-corrected chi connectivity index (χ3v) is 6.54. The average molecular weight is 386 g/mol. The Hall–Kier alpha value is -1.05. The molecule has 0 bridgehead atoms. The molecule has 0 aromatic carbocycles. The van der Waals surface area contributed by atoms with Gasteiger partial charge in [-0.1, -0.05) is 36.0 Å². The van der Waals surface area contributed by atoms with Crippen LogP contribution in [0.1, 0.15) is 48.7 Å². The van der Waals surface area contributed by atoms with E-state index in [9.17, 15) is 4.79 Å². The van der Waals surface area contributed by atoms with Crippen LogP contribution in [-0.2, 0) is 16.1 Å². The first kappa shape index (κ1) is 17.8. The van der Waals surface area contributed by atoms with Crippen LogP contribution in [0.4, 0.5) is 0 Å². The van der Waals surface area contributed by atoms with Crippen molar-refractivity contribution in [3.8, 4) is 0 Å². The molecule has 130 valence electrons. The maximum absolute atomic E-state index is 12.5. The van der Waals surface area contributed by atoms with Gasteiger partial charge in [-0.25, -0.2) is 0 Å². The van der Waals surface area contributed by atoms with Gasteiger partial charge in [-0.2, -0.15) is 4.98 Å². The predicted octanol–water partition coefficient (Wildman–Crippen LogP) is 4.30. The first-order chi connectivity index (χ1) is 11.6. The quantitative estimate of drug-likeness (QED) is 0.802. The second-order valence-corrected chi connectivity index (χ2v) is 8.81. The molecule has 0 radical (unpaired) electrons. The van der Waals surface area contributed by atoms with Crippen LogP contribution in [0.25, 0.3) is 0 Å². The maximum Gasteiger partial charge on any atom is 0.230 e. The Morgan fingerprint density at radius 1 is 1.42 bits per heavy atom. The molecule has 24 heavy (non-hydrogen) atoms. The van der Waals surface area contributed by atoms with E-state index < -0.39 is 5.54 Å². The van der Waals surface area contributed by atoms with Gasteiger partial charge in [0.1, 0.15) is 5.54 Å². The number of thioether (sulfide) groups is 1. The summed E-state index contributed by atoms with van der Waals surface area (Å²) < 4.78 is 5.92. The number of thiophene rings is 1. The Bertz CT molecular complexity index is 695. The Morgan fingerprint density at radius 3 is 2.83 bits per heavy atom. The lowest BCUT2D eigenvalue weighted by molar-refractivity contribution is -0.121. The van der Waals surface area contributed by atoms with Crippen molar-refractivity contribution in [3.05, 3.63) is 33.1 Å². The highest BCUT2D eigenvalue weighted by atomic mass is 35.5. The van der Waals surface area contributed by atoms with Gasteiger partial charge in [0.25, 0.3) is 0 Å². The summed E-state index contributed by atoms with van der Waals surface area (Å²) in [7, 11) is 0. The van der Waals surface area contributed by atoms with Crippen molar-refractivity contribution in [2.45, 2.75) is 50.3 Å². The summed E-state index contributed by atoms with van der Waals surface area (Å²) in [5.74, 6) is 2.37. The number of nitrogens with zero attached hydrogens (tertiary/aromatic N) is 2. The maximum atomic E-state index is 12.5. The topological polar surface area (TPSA) is 68.0 Å². The molecule has 0 saturated heterocycles.